The summed E-state index contributed by atoms with van der Waals surface area (Å²) in [5, 5.41) is 5.42. The molecule has 2 aromatic carbocycles. The quantitative estimate of drug-likeness (QED) is 0.515. The molecule has 0 amide bonds. The van der Waals surface area contributed by atoms with Crippen LogP contribution >= 0.6 is 34.5 Å². The minimum Gasteiger partial charge on any atom is -0.266 e. The highest BCUT2D eigenvalue weighted by atomic mass is 35.5. The number of fused-ring (bicyclic) bond motifs is 1. The predicted molar refractivity (Wildman–Crippen MR) is 108 cm³/mol. The molecule has 0 atom stereocenters. The Kier molecular flexibility index (Phi) is 4.78. The first-order valence-electron chi connectivity index (χ1n) is 7.94. The van der Waals surface area contributed by atoms with Crippen molar-refractivity contribution >= 4 is 45.6 Å². The smallest absolute Gasteiger partial charge is 0.266 e. The van der Waals surface area contributed by atoms with E-state index in [9.17, 15) is 9.59 Å². The summed E-state index contributed by atoms with van der Waals surface area (Å²) in [6, 6.07) is 14.2. The van der Waals surface area contributed by atoms with Gasteiger partial charge in [-0.05, 0) is 41.5 Å². The van der Waals surface area contributed by atoms with E-state index in [0.717, 1.165) is 22.5 Å². The summed E-state index contributed by atoms with van der Waals surface area (Å²) in [6.45, 7) is 0. The van der Waals surface area contributed by atoms with Crippen molar-refractivity contribution in [1.29, 1.82) is 0 Å². The van der Waals surface area contributed by atoms with Crippen LogP contribution in [0.2, 0.25) is 10.0 Å². The van der Waals surface area contributed by atoms with E-state index < -0.39 is 5.56 Å². The number of rotatable bonds is 3. The van der Waals surface area contributed by atoms with Gasteiger partial charge in [-0.2, -0.15) is 14.6 Å². The average Bonchev–Trinajstić information content (AvgIpc) is 2.92. The fourth-order valence-electron chi connectivity index (χ4n) is 2.60. The predicted octanol–water partition coefficient (Wildman–Crippen LogP) is 2.96. The third-order valence-electron chi connectivity index (χ3n) is 3.88. The molecular formula is C19H11Cl2N3O2S. The molecule has 2 aromatic heterocycles. The van der Waals surface area contributed by atoms with Crippen LogP contribution in [0.25, 0.3) is 11.0 Å². The maximum absolute atomic E-state index is 12.7. The molecule has 0 radical (unpaired) electrons. The molecule has 0 N–H and O–H groups in total. The third-order valence-corrected chi connectivity index (χ3v) is 5.33. The topological polar surface area (TPSA) is 64.3 Å². The van der Waals surface area contributed by atoms with Crippen molar-refractivity contribution in [3.05, 3.63) is 101 Å². The molecule has 0 fully saturated rings. The van der Waals surface area contributed by atoms with Crippen LogP contribution in [0.3, 0.4) is 0 Å². The highest BCUT2D eigenvalue weighted by molar-refractivity contribution is 7.15. The minimum atomic E-state index is -0.444. The minimum absolute atomic E-state index is 0.207. The van der Waals surface area contributed by atoms with Crippen molar-refractivity contribution in [1.82, 2.24) is 14.6 Å². The van der Waals surface area contributed by atoms with Gasteiger partial charge in [-0.3, -0.25) is 9.59 Å². The molecule has 134 valence electrons. The fraction of sp³-hybridized carbons (Fsp3) is 0.0526. The highest BCUT2D eigenvalue weighted by Gasteiger charge is 2.11. The molecular weight excluding hydrogens is 405 g/mol. The molecule has 0 unspecified atom stereocenters. The second-order valence-corrected chi connectivity index (χ2v) is 7.71. The van der Waals surface area contributed by atoms with Crippen molar-refractivity contribution in [3.63, 3.8) is 0 Å². The molecule has 4 aromatic rings. The number of aromatic nitrogens is 3. The molecule has 8 heteroatoms. The van der Waals surface area contributed by atoms with Gasteiger partial charge < -0.3 is 0 Å². The van der Waals surface area contributed by atoms with Crippen molar-refractivity contribution in [2.45, 2.75) is 6.42 Å². The second-order valence-electron chi connectivity index (χ2n) is 5.83. The van der Waals surface area contributed by atoms with Crippen molar-refractivity contribution in [3.8, 4) is 0 Å². The van der Waals surface area contributed by atoms with E-state index in [1.165, 1.54) is 4.52 Å². The number of nitrogens with zero attached hydrogens (tertiary/aromatic N) is 3. The van der Waals surface area contributed by atoms with Crippen LogP contribution in [-0.4, -0.2) is 14.6 Å². The van der Waals surface area contributed by atoms with Gasteiger partial charge >= 0.3 is 0 Å². The molecule has 0 aliphatic rings. The highest BCUT2D eigenvalue weighted by Crippen LogP contribution is 2.12. The Labute approximate surface area is 167 Å². The lowest BCUT2D eigenvalue weighted by atomic mass is 10.1. The van der Waals surface area contributed by atoms with E-state index in [1.807, 2.05) is 18.2 Å². The van der Waals surface area contributed by atoms with Crippen LogP contribution in [0.1, 0.15) is 16.8 Å². The van der Waals surface area contributed by atoms with Gasteiger partial charge in [-0.1, -0.05) is 58.8 Å². The summed E-state index contributed by atoms with van der Waals surface area (Å²) < 4.78 is 1.61. The van der Waals surface area contributed by atoms with Gasteiger partial charge in [-0.25, -0.2) is 0 Å². The van der Waals surface area contributed by atoms with Gasteiger partial charge in [0.25, 0.3) is 11.1 Å². The van der Waals surface area contributed by atoms with Crippen molar-refractivity contribution in [2.75, 3.05) is 0 Å². The Morgan fingerprint density at radius 3 is 2.56 bits per heavy atom. The van der Waals surface area contributed by atoms with Gasteiger partial charge in [0.1, 0.15) is 5.69 Å². The normalized spacial score (nSPS) is 12.0. The van der Waals surface area contributed by atoms with Crippen LogP contribution in [0, 0.1) is 0 Å². The molecule has 0 spiro atoms. The van der Waals surface area contributed by atoms with Gasteiger partial charge in [-0.15, -0.1) is 0 Å². The largest absolute Gasteiger partial charge is 0.296 e. The summed E-state index contributed by atoms with van der Waals surface area (Å²) in [7, 11) is 0. The Balaban J connectivity index is 1.80. The summed E-state index contributed by atoms with van der Waals surface area (Å²) in [5.41, 5.74) is 1.09. The number of halogens is 2. The van der Waals surface area contributed by atoms with E-state index in [4.69, 9.17) is 23.2 Å². The summed E-state index contributed by atoms with van der Waals surface area (Å²) >= 11 is 13.0. The average molecular weight is 416 g/mol. The zero-order chi connectivity index (χ0) is 19.0. The molecule has 0 saturated carbocycles. The summed E-state index contributed by atoms with van der Waals surface area (Å²) in [6.07, 6.45) is 1.98. The van der Waals surface area contributed by atoms with E-state index in [2.05, 4.69) is 10.1 Å². The van der Waals surface area contributed by atoms with Crippen LogP contribution in [0.5, 0.6) is 0 Å². The monoisotopic (exact) mass is 415 g/mol. The van der Waals surface area contributed by atoms with E-state index in [-0.39, 0.29) is 22.6 Å². The number of hydrogen-bond donors (Lipinski definition) is 0. The number of hydrogen-bond acceptors (Lipinski definition) is 5. The SMILES string of the molecule is O=c1nc2s/c(=C\c3cccc(Cl)c3)c(=O)n2nc1Cc1ccc(Cl)cc1. The maximum Gasteiger partial charge on any atom is 0.296 e. The van der Waals surface area contributed by atoms with Crippen LogP contribution < -0.4 is 15.7 Å². The van der Waals surface area contributed by atoms with Gasteiger partial charge in [0, 0.05) is 16.5 Å². The van der Waals surface area contributed by atoms with Gasteiger partial charge in [0.15, 0.2) is 0 Å². The molecule has 0 aliphatic heterocycles. The summed E-state index contributed by atoms with van der Waals surface area (Å²) in [4.78, 5) is 29.2. The van der Waals surface area contributed by atoms with Crippen molar-refractivity contribution in [2.24, 2.45) is 0 Å². The Hall–Kier alpha value is -2.54. The van der Waals surface area contributed by atoms with Gasteiger partial charge in [0.05, 0.1) is 4.53 Å². The van der Waals surface area contributed by atoms with Crippen molar-refractivity contribution < 1.29 is 0 Å². The number of thiazole rings is 1. The lowest BCUT2D eigenvalue weighted by Gasteiger charge is -2.00. The molecule has 2 heterocycles. The fourth-order valence-corrected chi connectivity index (χ4v) is 3.82. The van der Waals surface area contributed by atoms with Crippen LogP contribution in [0.4, 0.5) is 0 Å². The zero-order valence-electron chi connectivity index (χ0n) is 13.7. The summed E-state index contributed by atoms with van der Waals surface area (Å²) in [5.74, 6) is 0. The molecule has 4 rings (SSSR count). The molecule has 5 nitrogen and oxygen atoms in total. The zero-order valence-corrected chi connectivity index (χ0v) is 16.1. The molecule has 0 bridgehead atoms. The Bertz CT molecular complexity index is 1310. The van der Waals surface area contributed by atoms with E-state index >= 15 is 0 Å². The second kappa shape index (κ2) is 7.23. The first-order valence-corrected chi connectivity index (χ1v) is 9.51. The first-order chi connectivity index (χ1) is 13.0. The van der Waals surface area contributed by atoms with E-state index in [0.29, 0.717) is 14.6 Å². The maximum atomic E-state index is 12.7. The van der Waals surface area contributed by atoms with Crippen LogP contribution in [-0.2, 0) is 6.42 Å². The molecule has 0 saturated heterocycles. The first kappa shape index (κ1) is 17.9. The van der Waals surface area contributed by atoms with E-state index in [1.54, 1.807) is 36.4 Å². The molecule has 27 heavy (non-hydrogen) atoms. The molecule has 0 aliphatic carbocycles. The number of benzene rings is 2. The third kappa shape index (κ3) is 3.78. The lowest BCUT2D eigenvalue weighted by Crippen LogP contribution is -2.28. The Morgan fingerprint density at radius 2 is 1.81 bits per heavy atom. The lowest BCUT2D eigenvalue weighted by molar-refractivity contribution is 0.811. The Morgan fingerprint density at radius 1 is 1.04 bits per heavy atom. The van der Waals surface area contributed by atoms with Gasteiger partial charge in [0.2, 0.25) is 4.96 Å². The van der Waals surface area contributed by atoms with Crippen LogP contribution in [0.15, 0.2) is 58.1 Å². The standard InChI is InChI=1S/C19H11Cl2N3O2S/c20-13-6-4-11(5-7-13)9-15-17(25)22-19-24(23-15)18(26)16(27-19)10-12-2-1-3-14(21)8-12/h1-8,10H,9H2/b16-10-.